The van der Waals surface area contributed by atoms with E-state index in [4.69, 9.17) is 5.11 Å². The van der Waals surface area contributed by atoms with Gasteiger partial charge in [-0.15, -0.1) is 0 Å². The zero-order chi connectivity index (χ0) is 8.10. The molecule has 0 heterocycles. The summed E-state index contributed by atoms with van der Waals surface area (Å²) >= 11 is 0. The number of hydrogen-bond donors (Lipinski definition) is 2. The summed E-state index contributed by atoms with van der Waals surface area (Å²) in [5.41, 5.74) is 0. The summed E-state index contributed by atoms with van der Waals surface area (Å²) in [7, 11) is 0. The first-order valence-corrected chi connectivity index (χ1v) is 4.69. The van der Waals surface area contributed by atoms with Gasteiger partial charge in [-0.3, -0.25) is 0 Å². The Morgan fingerprint density at radius 1 is 1.45 bits per heavy atom. The van der Waals surface area contributed by atoms with Crippen molar-refractivity contribution < 1.29 is 5.11 Å². The second-order valence-corrected chi connectivity index (χ2v) is 3.51. The van der Waals surface area contributed by atoms with E-state index in [9.17, 15) is 0 Å². The van der Waals surface area contributed by atoms with Crippen LogP contribution in [0.4, 0.5) is 0 Å². The molecule has 0 spiro atoms. The number of nitrogens with one attached hydrogen (secondary N) is 1. The minimum atomic E-state index is 0.261. The Kier molecular flexibility index (Phi) is 3.87. The molecule has 1 fully saturated rings. The smallest absolute Gasteiger partial charge is 0.0556 e. The van der Waals surface area contributed by atoms with E-state index in [1.807, 2.05) is 0 Å². The van der Waals surface area contributed by atoms with Crippen LogP contribution in [0, 0.1) is 5.92 Å². The Bertz CT molecular complexity index is 99.7. The van der Waals surface area contributed by atoms with Crippen molar-refractivity contribution in [3.05, 3.63) is 0 Å². The Morgan fingerprint density at radius 2 is 2.09 bits per heavy atom. The van der Waals surface area contributed by atoms with Gasteiger partial charge in [0.15, 0.2) is 0 Å². The van der Waals surface area contributed by atoms with Crippen LogP contribution in [-0.4, -0.2) is 24.3 Å². The predicted molar refractivity (Wildman–Crippen MR) is 46.5 cm³/mol. The second kappa shape index (κ2) is 4.73. The lowest BCUT2D eigenvalue weighted by Gasteiger charge is -2.19. The van der Waals surface area contributed by atoms with E-state index in [1.54, 1.807) is 0 Å². The largest absolute Gasteiger partial charge is 0.395 e. The van der Waals surface area contributed by atoms with E-state index in [2.05, 4.69) is 12.2 Å². The maximum absolute atomic E-state index is 8.60. The third-order valence-corrected chi connectivity index (χ3v) is 2.69. The molecule has 1 saturated carbocycles. The van der Waals surface area contributed by atoms with Crippen molar-refractivity contribution in [1.29, 1.82) is 0 Å². The average Bonchev–Trinajstić information content (AvgIpc) is 2.52. The zero-order valence-corrected chi connectivity index (χ0v) is 7.34. The molecule has 0 bridgehead atoms. The molecule has 1 rings (SSSR count). The Morgan fingerprint density at radius 3 is 2.64 bits per heavy atom. The van der Waals surface area contributed by atoms with E-state index >= 15 is 0 Å². The van der Waals surface area contributed by atoms with Crippen molar-refractivity contribution in [2.45, 2.75) is 38.6 Å². The molecule has 0 saturated heterocycles. The van der Waals surface area contributed by atoms with Gasteiger partial charge >= 0.3 is 0 Å². The number of hydrogen-bond acceptors (Lipinski definition) is 2. The Balaban J connectivity index is 2.12. The molecule has 1 atom stereocenters. The first-order valence-electron chi connectivity index (χ1n) is 4.69. The SMILES string of the molecule is C[C@H](NCCO)C1CCCC1. The quantitative estimate of drug-likeness (QED) is 0.641. The summed E-state index contributed by atoms with van der Waals surface area (Å²) in [4.78, 5) is 0. The summed E-state index contributed by atoms with van der Waals surface area (Å²) in [6.07, 6.45) is 5.55. The highest BCUT2D eigenvalue weighted by molar-refractivity contribution is 4.76. The van der Waals surface area contributed by atoms with Crippen molar-refractivity contribution in [1.82, 2.24) is 5.32 Å². The van der Waals surface area contributed by atoms with Gasteiger partial charge in [0.25, 0.3) is 0 Å². The highest BCUT2D eigenvalue weighted by atomic mass is 16.3. The minimum Gasteiger partial charge on any atom is -0.395 e. The standard InChI is InChI=1S/C9H19NO/c1-8(10-6-7-11)9-4-2-3-5-9/h8-11H,2-7H2,1H3/t8-/m0/s1. The summed E-state index contributed by atoms with van der Waals surface area (Å²) in [5.74, 6) is 0.863. The fourth-order valence-electron chi connectivity index (χ4n) is 1.92. The highest BCUT2D eigenvalue weighted by Crippen LogP contribution is 2.27. The molecular formula is C9H19NO. The molecule has 1 aliphatic rings. The van der Waals surface area contributed by atoms with Crippen LogP contribution in [0.3, 0.4) is 0 Å². The van der Waals surface area contributed by atoms with Gasteiger partial charge in [0.1, 0.15) is 0 Å². The van der Waals surface area contributed by atoms with Gasteiger partial charge in [-0.2, -0.15) is 0 Å². The van der Waals surface area contributed by atoms with Gasteiger partial charge in [0, 0.05) is 12.6 Å². The fourth-order valence-corrected chi connectivity index (χ4v) is 1.92. The summed E-state index contributed by atoms with van der Waals surface area (Å²) < 4.78 is 0. The van der Waals surface area contributed by atoms with E-state index in [-0.39, 0.29) is 6.61 Å². The first kappa shape index (κ1) is 9.01. The number of aliphatic hydroxyl groups is 1. The van der Waals surface area contributed by atoms with Gasteiger partial charge in [-0.25, -0.2) is 0 Å². The van der Waals surface area contributed by atoms with Crippen molar-refractivity contribution >= 4 is 0 Å². The summed E-state index contributed by atoms with van der Waals surface area (Å²) in [5, 5.41) is 11.9. The van der Waals surface area contributed by atoms with Crippen molar-refractivity contribution in [2.75, 3.05) is 13.2 Å². The first-order chi connectivity index (χ1) is 5.34. The maximum atomic E-state index is 8.60. The molecule has 11 heavy (non-hydrogen) atoms. The lowest BCUT2D eigenvalue weighted by molar-refractivity contribution is 0.272. The van der Waals surface area contributed by atoms with Crippen molar-refractivity contribution in [2.24, 2.45) is 5.92 Å². The van der Waals surface area contributed by atoms with Gasteiger partial charge < -0.3 is 10.4 Å². The Labute approximate surface area is 69.0 Å². The van der Waals surface area contributed by atoms with Gasteiger partial charge in [-0.05, 0) is 25.7 Å². The van der Waals surface area contributed by atoms with E-state index in [1.165, 1.54) is 25.7 Å². The average molecular weight is 157 g/mol. The molecular weight excluding hydrogens is 138 g/mol. The molecule has 0 aromatic heterocycles. The van der Waals surface area contributed by atoms with Crippen LogP contribution < -0.4 is 5.32 Å². The van der Waals surface area contributed by atoms with Gasteiger partial charge in [0.05, 0.1) is 6.61 Å². The van der Waals surface area contributed by atoms with Crippen LogP contribution in [0.1, 0.15) is 32.6 Å². The van der Waals surface area contributed by atoms with E-state index < -0.39 is 0 Å². The zero-order valence-electron chi connectivity index (χ0n) is 7.34. The van der Waals surface area contributed by atoms with Crippen molar-refractivity contribution in [3.8, 4) is 0 Å². The fraction of sp³-hybridized carbons (Fsp3) is 1.00. The summed E-state index contributed by atoms with van der Waals surface area (Å²) in [6.45, 7) is 3.24. The number of aliphatic hydroxyl groups excluding tert-OH is 1. The molecule has 0 amide bonds. The Hall–Kier alpha value is -0.0800. The third-order valence-electron chi connectivity index (χ3n) is 2.69. The molecule has 2 N–H and O–H groups in total. The number of rotatable bonds is 4. The van der Waals surface area contributed by atoms with E-state index in [0.29, 0.717) is 6.04 Å². The van der Waals surface area contributed by atoms with Gasteiger partial charge in [0.2, 0.25) is 0 Å². The molecule has 0 aromatic rings. The van der Waals surface area contributed by atoms with Crippen LogP contribution in [0.25, 0.3) is 0 Å². The molecule has 0 aliphatic heterocycles. The molecule has 1 aliphatic carbocycles. The maximum Gasteiger partial charge on any atom is 0.0556 e. The molecule has 0 radical (unpaired) electrons. The minimum absolute atomic E-state index is 0.261. The monoisotopic (exact) mass is 157 g/mol. The van der Waals surface area contributed by atoms with Crippen LogP contribution >= 0.6 is 0 Å². The van der Waals surface area contributed by atoms with Crippen LogP contribution in [-0.2, 0) is 0 Å². The van der Waals surface area contributed by atoms with Gasteiger partial charge in [-0.1, -0.05) is 12.8 Å². The second-order valence-electron chi connectivity index (χ2n) is 3.51. The molecule has 0 unspecified atom stereocenters. The predicted octanol–water partition coefficient (Wildman–Crippen LogP) is 1.15. The lowest BCUT2D eigenvalue weighted by atomic mass is 10.00. The summed E-state index contributed by atoms with van der Waals surface area (Å²) in [6, 6.07) is 0.602. The van der Waals surface area contributed by atoms with Crippen LogP contribution in [0.5, 0.6) is 0 Å². The van der Waals surface area contributed by atoms with E-state index in [0.717, 1.165) is 12.5 Å². The normalized spacial score (nSPS) is 22.4. The molecule has 66 valence electrons. The molecule has 0 aromatic carbocycles. The van der Waals surface area contributed by atoms with Crippen LogP contribution in [0.2, 0.25) is 0 Å². The lowest BCUT2D eigenvalue weighted by Crippen LogP contribution is -2.34. The third kappa shape index (κ3) is 2.80. The van der Waals surface area contributed by atoms with Crippen molar-refractivity contribution in [3.63, 3.8) is 0 Å². The molecule has 2 heteroatoms. The molecule has 2 nitrogen and oxygen atoms in total. The van der Waals surface area contributed by atoms with Crippen LogP contribution in [0.15, 0.2) is 0 Å². The highest BCUT2D eigenvalue weighted by Gasteiger charge is 2.20. The topological polar surface area (TPSA) is 32.3 Å².